The molecule has 2 atom stereocenters. The molecule has 0 unspecified atom stereocenters. The summed E-state index contributed by atoms with van der Waals surface area (Å²) in [6.07, 6.45) is 3.73. The molecule has 0 radical (unpaired) electrons. The molecule has 1 saturated heterocycles. The van der Waals surface area contributed by atoms with E-state index >= 15 is 8.78 Å². The van der Waals surface area contributed by atoms with Gasteiger partial charge >= 0.3 is 5.97 Å². The van der Waals surface area contributed by atoms with E-state index < -0.39 is 28.6 Å². The van der Waals surface area contributed by atoms with Gasteiger partial charge in [0.25, 0.3) is 0 Å². The van der Waals surface area contributed by atoms with Crippen molar-refractivity contribution in [2.45, 2.75) is 31.7 Å². The molecule has 1 aromatic heterocycles. The highest BCUT2D eigenvalue weighted by atomic mass is 19.1. The number of aromatic carboxylic acids is 1. The number of carboxylic acid groups (broad SMARTS) is 1. The summed E-state index contributed by atoms with van der Waals surface area (Å²) >= 11 is 0. The molecule has 0 amide bonds. The zero-order valence-corrected chi connectivity index (χ0v) is 16.1. The normalized spacial score (nSPS) is 30.3. The molecule has 29 heavy (non-hydrogen) atoms. The number of aromatic nitrogens is 1. The lowest BCUT2D eigenvalue weighted by Gasteiger charge is -2.63. The topological polar surface area (TPSA) is 88.6 Å². The molecule has 2 aromatic rings. The Morgan fingerprint density at radius 1 is 1.31 bits per heavy atom. The van der Waals surface area contributed by atoms with Crippen LogP contribution in [0.25, 0.3) is 10.9 Å². The molecule has 6 rings (SSSR count). The van der Waals surface area contributed by atoms with Crippen molar-refractivity contribution >= 4 is 22.6 Å². The molecule has 2 bridgehead atoms. The van der Waals surface area contributed by atoms with Crippen molar-refractivity contribution in [3.05, 3.63) is 39.7 Å². The minimum atomic E-state index is -1.39. The monoisotopic (exact) mass is 403 g/mol. The van der Waals surface area contributed by atoms with Crippen LogP contribution in [-0.4, -0.2) is 35.3 Å². The van der Waals surface area contributed by atoms with Crippen molar-refractivity contribution in [2.75, 3.05) is 24.5 Å². The maximum absolute atomic E-state index is 15.8. The number of nitrogens with zero attached hydrogens (tertiary/aromatic N) is 2. The molecule has 8 heteroatoms. The Balaban J connectivity index is 1.76. The number of nitrogens with two attached hydrogens (primary N) is 1. The van der Waals surface area contributed by atoms with Crippen LogP contribution in [0.2, 0.25) is 0 Å². The van der Waals surface area contributed by atoms with Gasteiger partial charge in [-0.15, -0.1) is 0 Å². The second-order valence-electron chi connectivity index (χ2n) is 9.04. The predicted molar refractivity (Wildman–Crippen MR) is 104 cm³/mol. The smallest absolute Gasteiger partial charge is 0.341 e. The van der Waals surface area contributed by atoms with Crippen molar-refractivity contribution in [3.8, 4) is 0 Å². The zero-order chi connectivity index (χ0) is 20.7. The summed E-state index contributed by atoms with van der Waals surface area (Å²) in [6, 6.07) is 1.00. The Morgan fingerprint density at radius 2 is 2.00 bits per heavy atom. The fraction of sp³-hybridized carbons (Fsp3) is 0.524. The van der Waals surface area contributed by atoms with Crippen LogP contribution in [0.15, 0.2) is 17.1 Å². The first-order chi connectivity index (χ1) is 13.8. The zero-order valence-electron chi connectivity index (χ0n) is 16.1. The van der Waals surface area contributed by atoms with Gasteiger partial charge < -0.3 is 20.3 Å². The van der Waals surface area contributed by atoms with Gasteiger partial charge in [0.2, 0.25) is 5.43 Å². The van der Waals surface area contributed by atoms with E-state index in [0.717, 1.165) is 25.3 Å². The lowest BCUT2D eigenvalue weighted by atomic mass is 9.49. The third-order valence-corrected chi connectivity index (χ3v) is 7.29. The number of halogens is 2. The van der Waals surface area contributed by atoms with E-state index in [2.05, 4.69) is 0 Å². The van der Waals surface area contributed by atoms with Gasteiger partial charge in [-0.3, -0.25) is 4.79 Å². The van der Waals surface area contributed by atoms with E-state index in [-0.39, 0.29) is 34.0 Å². The molecular formula is C21H23F2N3O3. The summed E-state index contributed by atoms with van der Waals surface area (Å²) in [4.78, 5) is 26.0. The number of carbonyl (C=O) groups is 1. The maximum Gasteiger partial charge on any atom is 0.341 e. The largest absolute Gasteiger partial charge is 0.477 e. The Hall–Kier alpha value is -2.48. The average molecular weight is 403 g/mol. The molecule has 1 aliphatic heterocycles. The van der Waals surface area contributed by atoms with Crippen molar-refractivity contribution in [3.63, 3.8) is 0 Å². The SMILES string of the molecule is C[C@H]1CN(c2c(F)cc3c(=O)c(C(=O)O)cn(C45CC(C4)C5)c3c2F)C[C@H]1CN. The van der Waals surface area contributed by atoms with Crippen molar-refractivity contribution in [1.29, 1.82) is 0 Å². The molecular weight excluding hydrogens is 380 g/mol. The highest BCUT2D eigenvalue weighted by Gasteiger charge is 2.58. The number of pyridine rings is 1. The summed E-state index contributed by atoms with van der Waals surface area (Å²) in [5.74, 6) is -2.12. The van der Waals surface area contributed by atoms with E-state index in [9.17, 15) is 14.7 Å². The fourth-order valence-electron chi connectivity index (χ4n) is 5.47. The van der Waals surface area contributed by atoms with Gasteiger partial charge in [-0.2, -0.15) is 0 Å². The highest BCUT2D eigenvalue weighted by Crippen LogP contribution is 2.63. The van der Waals surface area contributed by atoms with Crippen LogP contribution in [0.3, 0.4) is 0 Å². The van der Waals surface area contributed by atoms with Gasteiger partial charge in [-0.1, -0.05) is 6.92 Å². The van der Waals surface area contributed by atoms with Gasteiger partial charge in [0.15, 0.2) is 5.82 Å². The molecule has 2 heterocycles. The Kier molecular flexibility index (Phi) is 3.84. The van der Waals surface area contributed by atoms with Crippen LogP contribution >= 0.6 is 0 Å². The third-order valence-electron chi connectivity index (χ3n) is 7.29. The molecule has 1 aromatic carbocycles. The summed E-state index contributed by atoms with van der Waals surface area (Å²) in [6.45, 7) is 3.37. The van der Waals surface area contributed by atoms with Gasteiger partial charge in [0.05, 0.1) is 10.9 Å². The molecule has 154 valence electrons. The van der Waals surface area contributed by atoms with E-state index in [0.29, 0.717) is 25.6 Å². The molecule has 6 nitrogen and oxygen atoms in total. The van der Waals surface area contributed by atoms with E-state index in [1.807, 2.05) is 6.92 Å². The van der Waals surface area contributed by atoms with E-state index in [1.165, 1.54) is 6.20 Å². The first-order valence-corrected chi connectivity index (χ1v) is 10.0. The minimum Gasteiger partial charge on any atom is -0.477 e. The Morgan fingerprint density at radius 3 is 2.52 bits per heavy atom. The van der Waals surface area contributed by atoms with E-state index in [4.69, 9.17) is 5.73 Å². The first kappa shape index (κ1) is 18.5. The quantitative estimate of drug-likeness (QED) is 0.819. The van der Waals surface area contributed by atoms with Crippen LogP contribution in [0.1, 0.15) is 36.5 Å². The first-order valence-electron chi connectivity index (χ1n) is 10.0. The van der Waals surface area contributed by atoms with Crippen LogP contribution in [0, 0.1) is 29.4 Å². The predicted octanol–water partition coefficient (Wildman–Crippen LogP) is 2.52. The van der Waals surface area contributed by atoms with Gasteiger partial charge in [0.1, 0.15) is 17.1 Å². The summed E-state index contributed by atoms with van der Waals surface area (Å²) in [5, 5.41) is 9.24. The minimum absolute atomic E-state index is 0.0124. The van der Waals surface area contributed by atoms with Gasteiger partial charge in [-0.05, 0) is 49.6 Å². The Labute approximate surface area is 165 Å². The summed E-state index contributed by atoms with van der Waals surface area (Å²) < 4.78 is 32.4. The second-order valence-corrected chi connectivity index (χ2v) is 9.04. The summed E-state index contributed by atoms with van der Waals surface area (Å²) in [5.41, 5.74) is 3.98. The lowest BCUT2D eigenvalue weighted by molar-refractivity contribution is -0.0863. The lowest BCUT2D eigenvalue weighted by Crippen LogP contribution is -2.59. The number of benzene rings is 1. The molecule has 0 spiro atoms. The number of fused-ring (bicyclic) bond motifs is 1. The number of anilines is 1. The number of carboxylic acids is 1. The maximum atomic E-state index is 15.8. The number of hydrogen-bond donors (Lipinski definition) is 2. The molecule has 4 fully saturated rings. The summed E-state index contributed by atoms with van der Waals surface area (Å²) in [7, 11) is 0. The van der Waals surface area contributed by atoms with Crippen molar-refractivity contribution < 1.29 is 18.7 Å². The molecule has 3 N–H and O–H groups in total. The van der Waals surface area contributed by atoms with Gasteiger partial charge in [0, 0.05) is 24.8 Å². The molecule has 3 aliphatic carbocycles. The second kappa shape index (κ2) is 6.01. The highest BCUT2D eigenvalue weighted by molar-refractivity contribution is 5.94. The average Bonchev–Trinajstić information content (AvgIpc) is 2.94. The number of hydrogen-bond acceptors (Lipinski definition) is 4. The molecule has 3 saturated carbocycles. The third kappa shape index (κ3) is 2.41. The molecule has 4 aliphatic rings. The fourth-order valence-corrected chi connectivity index (χ4v) is 5.47. The standard InChI is InChI=1S/C21H23F2N3O3/c1-10-7-25(8-12(10)6-24)18-15(22)2-13-17(16(18)23)26(21-3-11(4-21)5-21)9-14(19(13)27)20(28)29/h2,9-12H,3-8,24H2,1H3,(H,28,29)/t10-,11?,12+,21?/m0/s1. The Bertz CT molecular complexity index is 1100. The van der Waals surface area contributed by atoms with Crippen LogP contribution < -0.4 is 16.1 Å². The van der Waals surface area contributed by atoms with Crippen molar-refractivity contribution in [1.82, 2.24) is 4.57 Å². The van der Waals surface area contributed by atoms with Gasteiger partial charge in [-0.25, -0.2) is 13.6 Å². The van der Waals surface area contributed by atoms with E-state index in [1.54, 1.807) is 9.47 Å². The van der Waals surface area contributed by atoms with Crippen LogP contribution in [0.5, 0.6) is 0 Å². The van der Waals surface area contributed by atoms with Crippen molar-refractivity contribution in [2.24, 2.45) is 23.5 Å². The van der Waals surface area contributed by atoms with Crippen LogP contribution in [-0.2, 0) is 5.54 Å². The number of rotatable bonds is 4. The van der Waals surface area contributed by atoms with Crippen LogP contribution in [0.4, 0.5) is 14.5 Å².